The summed E-state index contributed by atoms with van der Waals surface area (Å²) in [5.74, 6) is -0.784. The van der Waals surface area contributed by atoms with Crippen LogP contribution in [0.2, 0.25) is 0 Å². The molecule has 51 heavy (non-hydrogen) atoms. The molecule has 296 valence electrons. The zero-order valence-electron chi connectivity index (χ0n) is 33.1. The summed E-state index contributed by atoms with van der Waals surface area (Å²) in [4.78, 5) is 25.9. The smallest absolute Gasteiger partial charge is 0.412 e. The molecule has 5 atom stereocenters. The fourth-order valence-electron chi connectivity index (χ4n) is 7.56. The zero-order valence-corrected chi connectivity index (χ0v) is 33.1. The standard InChI is InChI=1S/C41H73NO9/c1-7-47-36(44)26-22-18-17-21-25-35-37-34(43)27-29-41(49-35,50-37)28-23-19-15-13-11-9-8-10-12-14-16-20-24-30-46-31-33-32-48-40(5,6)42(33)38(45)51-39(2,3)4/h22,26,33-35,37,43H,7-21,23-25,27-32H2,1-6H3/b26-22+/t33-,34+,35+,37+,41-/m0/s1. The molecule has 0 radical (unpaired) electrons. The second-order valence-electron chi connectivity index (χ2n) is 16.4. The van der Waals surface area contributed by atoms with Gasteiger partial charge in [-0.3, -0.25) is 4.90 Å². The van der Waals surface area contributed by atoms with Gasteiger partial charge in [0.2, 0.25) is 0 Å². The number of ether oxygens (including phenoxy) is 6. The lowest BCUT2D eigenvalue weighted by Gasteiger charge is -2.35. The van der Waals surface area contributed by atoms with Gasteiger partial charge in [-0.25, -0.2) is 9.59 Å². The average Bonchev–Trinajstić information content (AvgIpc) is 3.54. The molecular formula is C41H73NO9. The minimum atomic E-state index is -0.691. The highest BCUT2D eigenvalue weighted by Crippen LogP contribution is 2.44. The minimum Gasteiger partial charge on any atom is -0.463 e. The first-order valence-corrected chi connectivity index (χ1v) is 20.5. The monoisotopic (exact) mass is 724 g/mol. The third-order valence-electron chi connectivity index (χ3n) is 10.3. The molecule has 3 heterocycles. The molecule has 0 aromatic rings. The van der Waals surface area contributed by atoms with Crippen LogP contribution in [0.1, 0.15) is 170 Å². The molecule has 3 saturated heterocycles. The topological polar surface area (TPSA) is 113 Å². The predicted molar refractivity (Wildman–Crippen MR) is 199 cm³/mol. The van der Waals surface area contributed by atoms with Crippen molar-refractivity contribution >= 4 is 12.1 Å². The number of hydrogen-bond donors (Lipinski definition) is 1. The van der Waals surface area contributed by atoms with Gasteiger partial charge in [0.1, 0.15) is 17.4 Å². The van der Waals surface area contributed by atoms with Crippen LogP contribution in [0.5, 0.6) is 0 Å². The Hall–Kier alpha value is -1.72. The minimum absolute atomic E-state index is 0.0405. The van der Waals surface area contributed by atoms with E-state index < -0.39 is 23.2 Å². The number of carbonyl (C=O) groups excluding carboxylic acids is 2. The van der Waals surface area contributed by atoms with E-state index in [1.165, 1.54) is 76.7 Å². The molecule has 3 aliphatic rings. The van der Waals surface area contributed by atoms with E-state index in [1.54, 1.807) is 11.8 Å². The van der Waals surface area contributed by atoms with E-state index in [1.807, 2.05) is 40.7 Å². The lowest BCUT2D eigenvalue weighted by Crippen LogP contribution is -2.51. The van der Waals surface area contributed by atoms with Crippen molar-refractivity contribution in [1.82, 2.24) is 4.90 Å². The molecule has 1 N–H and O–H groups in total. The number of unbranched alkanes of at least 4 members (excludes halogenated alkanes) is 14. The second kappa shape index (κ2) is 22.5. The second-order valence-corrected chi connectivity index (χ2v) is 16.4. The Bertz CT molecular complexity index is 1030. The molecule has 3 rings (SSSR count). The number of carbonyl (C=O) groups is 2. The van der Waals surface area contributed by atoms with Crippen molar-refractivity contribution in [3.63, 3.8) is 0 Å². The molecule has 0 aromatic carbocycles. The zero-order chi connectivity index (χ0) is 37.2. The molecular weight excluding hydrogens is 650 g/mol. The van der Waals surface area contributed by atoms with Gasteiger partial charge in [0.15, 0.2) is 5.79 Å². The largest absolute Gasteiger partial charge is 0.463 e. The van der Waals surface area contributed by atoms with Crippen LogP contribution in [-0.4, -0.2) is 90.0 Å². The molecule has 0 saturated carbocycles. The van der Waals surface area contributed by atoms with Crippen LogP contribution >= 0.6 is 0 Å². The van der Waals surface area contributed by atoms with Gasteiger partial charge in [-0.1, -0.05) is 83.1 Å². The van der Waals surface area contributed by atoms with E-state index in [0.717, 1.165) is 57.8 Å². The maximum absolute atomic E-state index is 12.8. The highest BCUT2D eigenvalue weighted by Gasteiger charge is 2.53. The molecule has 0 aromatic heterocycles. The summed E-state index contributed by atoms with van der Waals surface area (Å²) in [6, 6.07) is -0.123. The number of allylic oxidation sites excluding steroid dienone is 1. The summed E-state index contributed by atoms with van der Waals surface area (Å²) in [7, 11) is 0. The van der Waals surface area contributed by atoms with Crippen molar-refractivity contribution in [3.05, 3.63) is 12.2 Å². The number of aliphatic hydroxyl groups excluding tert-OH is 1. The van der Waals surface area contributed by atoms with Crippen LogP contribution < -0.4 is 0 Å². The van der Waals surface area contributed by atoms with Gasteiger partial charge in [-0.15, -0.1) is 0 Å². The molecule has 10 nitrogen and oxygen atoms in total. The summed E-state index contributed by atoms with van der Waals surface area (Å²) in [5.41, 5.74) is -1.24. The highest BCUT2D eigenvalue weighted by molar-refractivity contribution is 5.81. The molecule has 2 bridgehead atoms. The predicted octanol–water partition coefficient (Wildman–Crippen LogP) is 9.15. The van der Waals surface area contributed by atoms with E-state index in [-0.39, 0.29) is 30.3 Å². The molecule has 10 heteroatoms. The maximum Gasteiger partial charge on any atom is 0.412 e. The van der Waals surface area contributed by atoms with Gasteiger partial charge in [0.25, 0.3) is 0 Å². The third kappa shape index (κ3) is 16.0. The molecule has 1 amide bonds. The quantitative estimate of drug-likeness (QED) is 0.0560. The Morgan fingerprint density at radius 1 is 0.882 bits per heavy atom. The normalized spacial score (nSPS) is 25.9. The first kappa shape index (κ1) is 43.7. The van der Waals surface area contributed by atoms with Gasteiger partial charge in [0.05, 0.1) is 38.1 Å². The van der Waals surface area contributed by atoms with Gasteiger partial charge in [0, 0.05) is 25.5 Å². The fourth-order valence-corrected chi connectivity index (χ4v) is 7.56. The van der Waals surface area contributed by atoms with Crippen LogP contribution in [0, 0.1) is 0 Å². The van der Waals surface area contributed by atoms with E-state index >= 15 is 0 Å². The number of hydrogen-bond acceptors (Lipinski definition) is 9. The molecule has 0 unspecified atom stereocenters. The summed E-state index contributed by atoms with van der Waals surface area (Å²) >= 11 is 0. The van der Waals surface area contributed by atoms with Crippen LogP contribution in [0.4, 0.5) is 4.79 Å². The summed E-state index contributed by atoms with van der Waals surface area (Å²) in [6.07, 6.45) is 24.7. The Kier molecular flexibility index (Phi) is 19.3. The van der Waals surface area contributed by atoms with Crippen LogP contribution in [0.3, 0.4) is 0 Å². The number of aliphatic hydroxyl groups is 1. The number of esters is 1. The fraction of sp³-hybridized carbons (Fsp3) is 0.902. The summed E-state index contributed by atoms with van der Waals surface area (Å²) < 4.78 is 35.2. The SMILES string of the molecule is CCOC(=O)/C=C/CCCC[C@H]1O[C@]2(CCCCCCCCCCCCCCCOC[C@H]3COC(C)(C)N3C(=O)OC(C)(C)C)CC[C@@H](O)[C@H]1O2. The van der Waals surface area contributed by atoms with Crippen molar-refractivity contribution in [2.75, 3.05) is 26.4 Å². The van der Waals surface area contributed by atoms with Crippen LogP contribution in [0.15, 0.2) is 12.2 Å². The molecule has 0 spiro atoms. The van der Waals surface area contributed by atoms with Crippen molar-refractivity contribution in [1.29, 1.82) is 0 Å². The lowest BCUT2D eigenvalue weighted by molar-refractivity contribution is -0.214. The van der Waals surface area contributed by atoms with Gasteiger partial charge in [-0.2, -0.15) is 0 Å². The Morgan fingerprint density at radius 2 is 1.51 bits per heavy atom. The van der Waals surface area contributed by atoms with Crippen LogP contribution in [0.25, 0.3) is 0 Å². The number of nitrogens with zero attached hydrogens (tertiary/aromatic N) is 1. The van der Waals surface area contributed by atoms with Crippen molar-refractivity contribution < 1.29 is 43.1 Å². The van der Waals surface area contributed by atoms with Gasteiger partial charge in [-0.05, 0) is 80.1 Å². The maximum atomic E-state index is 12.8. The van der Waals surface area contributed by atoms with Crippen molar-refractivity contribution in [2.24, 2.45) is 0 Å². The lowest BCUT2D eigenvalue weighted by atomic mass is 9.94. The average molecular weight is 724 g/mol. The Balaban J connectivity index is 1.12. The molecule has 3 aliphatic heterocycles. The van der Waals surface area contributed by atoms with Crippen molar-refractivity contribution in [3.8, 4) is 0 Å². The van der Waals surface area contributed by atoms with Crippen LogP contribution in [-0.2, 0) is 33.2 Å². The Labute approximate surface area is 309 Å². The van der Waals surface area contributed by atoms with Crippen molar-refractivity contribution in [2.45, 2.75) is 211 Å². The van der Waals surface area contributed by atoms with E-state index in [0.29, 0.717) is 26.4 Å². The summed E-state index contributed by atoms with van der Waals surface area (Å²) in [6.45, 7) is 13.3. The van der Waals surface area contributed by atoms with E-state index in [4.69, 9.17) is 28.4 Å². The first-order chi connectivity index (χ1) is 24.4. The Morgan fingerprint density at radius 3 is 2.14 bits per heavy atom. The number of amides is 1. The van der Waals surface area contributed by atoms with Gasteiger partial charge < -0.3 is 33.5 Å². The number of fused-ring (bicyclic) bond motifs is 2. The van der Waals surface area contributed by atoms with E-state index in [9.17, 15) is 14.7 Å². The van der Waals surface area contributed by atoms with Gasteiger partial charge >= 0.3 is 12.1 Å². The van der Waals surface area contributed by atoms with E-state index in [2.05, 4.69) is 0 Å². The molecule has 3 fully saturated rings. The first-order valence-electron chi connectivity index (χ1n) is 20.5. The highest BCUT2D eigenvalue weighted by atomic mass is 16.8. The summed E-state index contributed by atoms with van der Waals surface area (Å²) in [5, 5.41) is 10.5. The third-order valence-corrected chi connectivity index (χ3v) is 10.3. The molecule has 0 aliphatic carbocycles. The number of rotatable bonds is 25.